The van der Waals surface area contributed by atoms with Gasteiger partial charge in [0, 0.05) is 15.4 Å². The molecule has 1 atom stereocenters. The zero-order valence-electron chi connectivity index (χ0n) is 16.6. The summed E-state index contributed by atoms with van der Waals surface area (Å²) in [6.07, 6.45) is 0. The maximum atomic E-state index is 12.4. The highest BCUT2D eigenvalue weighted by atomic mass is 32.2. The average Bonchev–Trinajstić information content (AvgIpc) is 2.71. The molecular weight excluding hydrogens is 494 g/mol. The second kappa shape index (κ2) is 10.4. The number of thioether (sulfide) groups is 2. The van der Waals surface area contributed by atoms with E-state index >= 15 is 0 Å². The number of carbonyl (C=O) groups is 2. The van der Waals surface area contributed by atoms with E-state index in [1.807, 2.05) is 0 Å². The molecule has 176 valence electrons. The van der Waals surface area contributed by atoms with Gasteiger partial charge in [-0.05, 0) is 79.0 Å². The maximum Gasteiger partial charge on any atom is 0.446 e. The number of halogens is 6. The summed E-state index contributed by atoms with van der Waals surface area (Å²) in [5, 5.41) is 11.7. The summed E-state index contributed by atoms with van der Waals surface area (Å²) in [6.45, 7) is 0.671. The number of hydrogen-bond acceptors (Lipinski definition) is 6. The molecule has 0 radical (unpaired) electrons. The third-order valence-electron chi connectivity index (χ3n) is 3.80. The highest BCUT2D eigenvalue weighted by molar-refractivity contribution is 8.00. The summed E-state index contributed by atoms with van der Waals surface area (Å²) in [6, 6.07) is 10.7. The van der Waals surface area contributed by atoms with Gasteiger partial charge in [0.25, 0.3) is 5.91 Å². The number of carbonyl (C=O) groups excluding carboxylic acids is 2. The van der Waals surface area contributed by atoms with Crippen molar-refractivity contribution in [3.8, 4) is 6.07 Å². The van der Waals surface area contributed by atoms with Crippen molar-refractivity contribution in [3.63, 3.8) is 0 Å². The second-order valence-corrected chi connectivity index (χ2v) is 8.90. The Morgan fingerprint density at radius 1 is 0.879 bits per heavy atom. The Bertz CT molecular complexity index is 1030. The van der Waals surface area contributed by atoms with Gasteiger partial charge in [0.2, 0.25) is 0 Å². The van der Waals surface area contributed by atoms with E-state index in [1.54, 1.807) is 6.07 Å². The van der Waals surface area contributed by atoms with Gasteiger partial charge in [-0.15, -0.1) is 0 Å². The Balaban J connectivity index is 1.97. The van der Waals surface area contributed by atoms with Gasteiger partial charge in [-0.3, -0.25) is 4.79 Å². The minimum atomic E-state index is -4.48. The first-order valence-corrected chi connectivity index (χ1v) is 10.5. The molecule has 0 aliphatic heterocycles. The van der Waals surface area contributed by atoms with Gasteiger partial charge >= 0.3 is 17.0 Å². The van der Waals surface area contributed by atoms with Crippen LogP contribution < -0.4 is 5.32 Å². The number of amides is 1. The van der Waals surface area contributed by atoms with Crippen molar-refractivity contribution in [2.75, 3.05) is 6.61 Å². The monoisotopic (exact) mass is 508 g/mol. The number of hydrogen-bond donors (Lipinski definition) is 1. The van der Waals surface area contributed by atoms with Crippen LogP contribution in [0.25, 0.3) is 0 Å². The molecule has 0 heterocycles. The van der Waals surface area contributed by atoms with Gasteiger partial charge in [-0.2, -0.15) is 31.6 Å². The van der Waals surface area contributed by atoms with E-state index in [0.717, 1.165) is 48.5 Å². The quantitative estimate of drug-likeness (QED) is 0.290. The fourth-order valence-corrected chi connectivity index (χ4v) is 3.39. The normalized spacial score (nSPS) is 13.5. The molecule has 0 saturated carbocycles. The number of esters is 1. The Morgan fingerprint density at radius 2 is 1.30 bits per heavy atom. The Labute approximate surface area is 192 Å². The summed E-state index contributed by atoms with van der Waals surface area (Å²) >= 11 is -0.696. The maximum absolute atomic E-state index is 12.4. The SMILES string of the molecule is CC(C#N)(COC(=O)c1ccc(SC(F)(F)F)cc1)NC(=O)c1ccc(SC(F)(F)F)cc1. The molecule has 0 aliphatic rings. The standard InChI is InChI=1S/C20H14F6N2O3S2/c1-18(10-27,28-16(29)12-2-6-14(7-3-12)32-19(21,22)23)11-31-17(30)13-4-8-15(9-5-13)33-20(24,25)26/h2-9H,11H2,1H3,(H,28,29). The van der Waals surface area contributed by atoms with Gasteiger partial charge in [-0.1, -0.05) is 0 Å². The molecule has 0 aromatic heterocycles. The molecule has 0 saturated heterocycles. The summed E-state index contributed by atoms with van der Waals surface area (Å²) < 4.78 is 79.3. The molecule has 2 aromatic rings. The van der Waals surface area contributed by atoms with Crippen LogP contribution in [0.2, 0.25) is 0 Å². The lowest BCUT2D eigenvalue weighted by Gasteiger charge is -2.23. The third-order valence-corrected chi connectivity index (χ3v) is 5.28. The molecule has 1 unspecified atom stereocenters. The molecule has 1 amide bonds. The molecule has 0 fully saturated rings. The van der Waals surface area contributed by atoms with Crippen LogP contribution in [-0.2, 0) is 4.74 Å². The summed E-state index contributed by atoms with van der Waals surface area (Å²) in [5.41, 5.74) is -10.7. The number of nitriles is 1. The molecule has 2 aromatic carbocycles. The largest absolute Gasteiger partial charge is 0.458 e. The van der Waals surface area contributed by atoms with Crippen molar-refractivity contribution < 1.29 is 40.7 Å². The van der Waals surface area contributed by atoms with Crippen molar-refractivity contribution >= 4 is 35.4 Å². The molecule has 2 rings (SSSR count). The van der Waals surface area contributed by atoms with Crippen LogP contribution >= 0.6 is 23.5 Å². The smallest absolute Gasteiger partial charge is 0.446 e. The van der Waals surface area contributed by atoms with Crippen molar-refractivity contribution in [2.24, 2.45) is 0 Å². The van der Waals surface area contributed by atoms with Crippen LogP contribution in [0.3, 0.4) is 0 Å². The number of rotatable bonds is 7. The Hall–Kier alpha value is -2.85. The molecule has 5 nitrogen and oxygen atoms in total. The number of ether oxygens (including phenoxy) is 1. The topological polar surface area (TPSA) is 79.2 Å². The first kappa shape index (κ1) is 26.4. The third kappa shape index (κ3) is 8.89. The molecule has 0 spiro atoms. The van der Waals surface area contributed by atoms with Crippen LogP contribution in [0.4, 0.5) is 26.3 Å². The van der Waals surface area contributed by atoms with Gasteiger partial charge < -0.3 is 10.1 Å². The summed E-state index contributed by atoms with van der Waals surface area (Å²) in [4.78, 5) is 24.2. The van der Waals surface area contributed by atoms with Crippen LogP contribution in [0.5, 0.6) is 0 Å². The van der Waals surface area contributed by atoms with Gasteiger partial charge in [-0.25, -0.2) is 4.79 Å². The zero-order chi connectivity index (χ0) is 24.9. The predicted molar refractivity (Wildman–Crippen MR) is 108 cm³/mol. The molecule has 0 bridgehead atoms. The van der Waals surface area contributed by atoms with Gasteiger partial charge in [0.05, 0.1) is 11.6 Å². The van der Waals surface area contributed by atoms with E-state index in [2.05, 4.69) is 5.32 Å². The Morgan fingerprint density at radius 3 is 1.70 bits per heavy atom. The molecular formula is C20H14F6N2O3S2. The molecule has 13 heteroatoms. The minimum Gasteiger partial charge on any atom is -0.458 e. The van der Waals surface area contributed by atoms with Gasteiger partial charge in [0.1, 0.15) is 6.61 Å². The average molecular weight is 508 g/mol. The van der Waals surface area contributed by atoms with E-state index in [1.165, 1.54) is 6.92 Å². The number of benzene rings is 2. The lowest BCUT2D eigenvalue weighted by atomic mass is 10.1. The van der Waals surface area contributed by atoms with Crippen molar-refractivity contribution in [2.45, 2.75) is 33.3 Å². The lowest BCUT2D eigenvalue weighted by molar-refractivity contribution is -0.0337. The first-order valence-electron chi connectivity index (χ1n) is 8.82. The fraction of sp³-hybridized carbons (Fsp3) is 0.250. The van der Waals surface area contributed by atoms with Crippen molar-refractivity contribution in [1.29, 1.82) is 5.26 Å². The number of alkyl halides is 6. The predicted octanol–water partition coefficient (Wildman–Crippen LogP) is 5.78. The Kier molecular flexibility index (Phi) is 8.31. The van der Waals surface area contributed by atoms with Crippen molar-refractivity contribution in [1.82, 2.24) is 5.32 Å². The molecule has 1 N–H and O–H groups in total. The van der Waals surface area contributed by atoms with Crippen LogP contribution in [0.15, 0.2) is 58.3 Å². The van der Waals surface area contributed by atoms with Gasteiger partial charge in [0.15, 0.2) is 5.54 Å². The van der Waals surface area contributed by atoms with E-state index < -0.39 is 35.0 Å². The van der Waals surface area contributed by atoms with Crippen molar-refractivity contribution in [3.05, 3.63) is 59.7 Å². The summed E-state index contributed by atoms with van der Waals surface area (Å²) in [5.74, 6) is -1.71. The zero-order valence-corrected chi connectivity index (χ0v) is 18.2. The lowest BCUT2D eigenvalue weighted by Crippen LogP contribution is -2.48. The molecule has 33 heavy (non-hydrogen) atoms. The number of nitrogens with one attached hydrogen (secondary N) is 1. The highest BCUT2D eigenvalue weighted by Gasteiger charge is 2.31. The highest BCUT2D eigenvalue weighted by Crippen LogP contribution is 2.37. The fourth-order valence-electron chi connectivity index (χ4n) is 2.31. The van der Waals surface area contributed by atoms with E-state index in [-0.39, 0.29) is 44.4 Å². The van der Waals surface area contributed by atoms with E-state index in [9.17, 15) is 41.2 Å². The van der Waals surface area contributed by atoms with Crippen LogP contribution in [0, 0.1) is 11.3 Å². The second-order valence-electron chi connectivity index (χ2n) is 6.62. The minimum absolute atomic E-state index is 0.0212. The van der Waals surface area contributed by atoms with E-state index in [0.29, 0.717) is 0 Å². The first-order chi connectivity index (χ1) is 15.2. The van der Waals surface area contributed by atoms with E-state index in [4.69, 9.17) is 4.74 Å². The number of nitrogens with zero attached hydrogens (tertiary/aromatic N) is 1. The van der Waals surface area contributed by atoms with Crippen LogP contribution in [0.1, 0.15) is 27.6 Å². The molecule has 0 aliphatic carbocycles. The summed E-state index contributed by atoms with van der Waals surface area (Å²) in [7, 11) is 0. The van der Waals surface area contributed by atoms with Crippen LogP contribution in [-0.4, -0.2) is 35.0 Å².